The Kier molecular flexibility index (Phi) is 5.59. The van der Waals surface area contributed by atoms with E-state index in [1.807, 2.05) is 6.66 Å². The van der Waals surface area contributed by atoms with Gasteiger partial charge in [-0.05, 0) is 24.4 Å². The van der Waals surface area contributed by atoms with E-state index in [4.69, 9.17) is 21.3 Å². The predicted octanol–water partition coefficient (Wildman–Crippen LogP) is 1.96. The van der Waals surface area contributed by atoms with E-state index in [-0.39, 0.29) is 14.6 Å². The number of aliphatic imine (C=N–C) groups is 1. The fourth-order valence-corrected chi connectivity index (χ4v) is 1.74. The van der Waals surface area contributed by atoms with Gasteiger partial charge in [-0.1, -0.05) is 12.6 Å². The van der Waals surface area contributed by atoms with Crippen molar-refractivity contribution in [3.63, 3.8) is 0 Å². The normalized spacial score (nSPS) is 11.9. The molecular weight excluding hydrogens is 259 g/mol. The molecule has 0 radical (unpaired) electrons. The van der Waals surface area contributed by atoms with E-state index in [1.54, 1.807) is 18.2 Å². The second kappa shape index (κ2) is 7.20. The molecule has 0 saturated carbocycles. The zero-order valence-electron chi connectivity index (χ0n) is 10.6. The number of hydrogen-bond donors (Lipinski definition) is 2. The zero-order valence-corrected chi connectivity index (χ0v) is 11.6. The molecule has 1 atom stereocenters. The summed E-state index contributed by atoms with van der Waals surface area (Å²) in [5, 5.41) is 8.99. The minimum atomic E-state index is 0.194. The molecule has 0 aliphatic rings. The van der Waals surface area contributed by atoms with E-state index in [9.17, 15) is 0 Å². The lowest BCUT2D eigenvalue weighted by atomic mass is 10.1. The maximum Gasteiger partial charge on any atom is 0.141 e. The number of nitriles is 1. The van der Waals surface area contributed by atoms with E-state index in [0.717, 1.165) is 5.56 Å². The van der Waals surface area contributed by atoms with Crippen molar-refractivity contribution in [3.05, 3.63) is 47.9 Å². The van der Waals surface area contributed by atoms with Gasteiger partial charge in [0, 0.05) is 18.0 Å². The molecule has 5 nitrogen and oxygen atoms in total. The first kappa shape index (κ1) is 14.7. The van der Waals surface area contributed by atoms with Crippen LogP contribution in [0.25, 0.3) is 5.57 Å². The van der Waals surface area contributed by atoms with Crippen molar-refractivity contribution in [1.82, 2.24) is 0 Å². The Bertz CT molecular complexity index is 572. The van der Waals surface area contributed by atoms with Crippen molar-refractivity contribution in [2.75, 3.05) is 6.66 Å². The quantitative estimate of drug-likeness (QED) is 0.633. The summed E-state index contributed by atoms with van der Waals surface area (Å²) in [7, 11) is 0.253. The standard InChI is InChI=1S/C13H15N4OP/c1-9(16)17-8-12(7-15)10-3-4-11(6-14)13(5-10)18-19-2/h3-5,7-8,19H,1,15-16H2,2H3/b12-7+,17-8-. The molecule has 0 saturated heterocycles. The van der Waals surface area contributed by atoms with E-state index in [1.165, 1.54) is 12.4 Å². The topological polar surface area (TPSA) is 97.4 Å². The fraction of sp³-hybridized carbons (Fsp3) is 0.0769. The third-order valence-electron chi connectivity index (χ3n) is 2.20. The van der Waals surface area contributed by atoms with Crippen LogP contribution < -0.4 is 16.0 Å². The first-order valence-corrected chi connectivity index (χ1v) is 6.81. The Hall–Kier alpha value is -2.31. The summed E-state index contributed by atoms with van der Waals surface area (Å²) in [6.45, 7) is 5.36. The minimum absolute atomic E-state index is 0.194. The summed E-state index contributed by atoms with van der Waals surface area (Å²) in [6.07, 6.45) is 2.92. The van der Waals surface area contributed by atoms with Gasteiger partial charge in [0.25, 0.3) is 0 Å². The molecule has 19 heavy (non-hydrogen) atoms. The molecule has 98 valence electrons. The molecule has 1 aromatic carbocycles. The number of allylic oxidation sites excluding steroid dienone is 1. The van der Waals surface area contributed by atoms with Gasteiger partial charge < -0.3 is 16.0 Å². The molecule has 0 aliphatic heterocycles. The molecule has 4 N–H and O–H groups in total. The van der Waals surface area contributed by atoms with Crippen molar-refractivity contribution in [2.24, 2.45) is 16.5 Å². The van der Waals surface area contributed by atoms with Crippen LogP contribution in [0.1, 0.15) is 11.1 Å². The molecule has 0 aromatic heterocycles. The van der Waals surface area contributed by atoms with Gasteiger partial charge in [0.15, 0.2) is 0 Å². The monoisotopic (exact) mass is 274 g/mol. The third kappa shape index (κ3) is 4.13. The summed E-state index contributed by atoms with van der Waals surface area (Å²) < 4.78 is 5.44. The fourth-order valence-electron chi connectivity index (χ4n) is 1.35. The van der Waals surface area contributed by atoms with Crippen LogP contribution in [-0.2, 0) is 0 Å². The SMILES string of the molecule is C=C(N)/N=C\C(=C/N)c1ccc(C#N)c(OPC)c1. The number of nitrogens with two attached hydrogens (primary N) is 2. The molecule has 1 unspecified atom stereocenters. The van der Waals surface area contributed by atoms with Crippen LogP contribution in [0.3, 0.4) is 0 Å². The minimum Gasteiger partial charge on any atom is -0.476 e. The number of hydrogen-bond acceptors (Lipinski definition) is 5. The van der Waals surface area contributed by atoms with Crippen molar-refractivity contribution in [2.45, 2.75) is 0 Å². The highest BCUT2D eigenvalue weighted by atomic mass is 31.1. The number of rotatable bonds is 5. The number of nitrogens with zero attached hydrogens (tertiary/aromatic N) is 2. The molecule has 1 aromatic rings. The van der Waals surface area contributed by atoms with Crippen molar-refractivity contribution in [1.29, 1.82) is 5.26 Å². The van der Waals surface area contributed by atoms with Crippen LogP contribution in [0.4, 0.5) is 0 Å². The van der Waals surface area contributed by atoms with Crippen LogP contribution in [0.15, 0.2) is 41.8 Å². The van der Waals surface area contributed by atoms with Crippen molar-refractivity contribution in [3.8, 4) is 11.8 Å². The van der Waals surface area contributed by atoms with Gasteiger partial charge in [-0.15, -0.1) is 0 Å². The van der Waals surface area contributed by atoms with Crippen LogP contribution in [-0.4, -0.2) is 12.9 Å². The van der Waals surface area contributed by atoms with Gasteiger partial charge in [-0.25, -0.2) is 4.99 Å². The average molecular weight is 274 g/mol. The molecule has 0 heterocycles. The molecule has 6 heteroatoms. The first-order chi connectivity index (χ1) is 9.12. The Morgan fingerprint density at radius 3 is 2.84 bits per heavy atom. The molecular formula is C13H15N4OP. The maximum atomic E-state index is 8.99. The Morgan fingerprint density at radius 2 is 2.32 bits per heavy atom. The van der Waals surface area contributed by atoms with Crippen LogP contribution in [0.5, 0.6) is 5.75 Å². The van der Waals surface area contributed by atoms with Crippen LogP contribution in [0, 0.1) is 11.3 Å². The van der Waals surface area contributed by atoms with E-state index >= 15 is 0 Å². The smallest absolute Gasteiger partial charge is 0.141 e. The van der Waals surface area contributed by atoms with Crippen LogP contribution in [0.2, 0.25) is 0 Å². The maximum absolute atomic E-state index is 8.99. The number of benzene rings is 1. The Balaban J connectivity index is 3.17. The zero-order chi connectivity index (χ0) is 14.3. The second-order valence-electron chi connectivity index (χ2n) is 3.50. The Labute approximate surface area is 114 Å². The summed E-state index contributed by atoms with van der Waals surface area (Å²) in [6, 6.07) is 7.28. The lowest BCUT2D eigenvalue weighted by molar-refractivity contribution is 0.633. The molecule has 0 fully saturated rings. The van der Waals surface area contributed by atoms with Gasteiger partial charge in [-0.3, -0.25) is 0 Å². The van der Waals surface area contributed by atoms with Crippen LogP contribution >= 0.6 is 8.81 Å². The summed E-state index contributed by atoms with van der Waals surface area (Å²) in [4.78, 5) is 3.90. The second-order valence-corrected chi connectivity index (χ2v) is 4.11. The average Bonchev–Trinajstić information content (AvgIpc) is 2.40. The van der Waals surface area contributed by atoms with Gasteiger partial charge in [-0.2, -0.15) is 5.26 Å². The molecule has 0 aliphatic carbocycles. The summed E-state index contributed by atoms with van der Waals surface area (Å²) >= 11 is 0. The highest BCUT2D eigenvalue weighted by molar-refractivity contribution is 7.31. The third-order valence-corrected chi connectivity index (χ3v) is 2.62. The van der Waals surface area contributed by atoms with E-state index < -0.39 is 0 Å². The van der Waals surface area contributed by atoms with Gasteiger partial charge >= 0.3 is 0 Å². The molecule has 0 bridgehead atoms. The van der Waals surface area contributed by atoms with Gasteiger partial charge in [0.05, 0.1) is 14.4 Å². The lowest BCUT2D eigenvalue weighted by Gasteiger charge is -2.08. The lowest BCUT2D eigenvalue weighted by Crippen LogP contribution is -1.96. The predicted molar refractivity (Wildman–Crippen MR) is 80.0 cm³/mol. The van der Waals surface area contributed by atoms with E-state index in [0.29, 0.717) is 16.9 Å². The first-order valence-electron chi connectivity index (χ1n) is 5.40. The molecule has 0 amide bonds. The highest BCUT2D eigenvalue weighted by Crippen LogP contribution is 2.27. The van der Waals surface area contributed by atoms with E-state index in [2.05, 4.69) is 17.6 Å². The highest BCUT2D eigenvalue weighted by Gasteiger charge is 2.06. The molecule has 0 spiro atoms. The van der Waals surface area contributed by atoms with Crippen molar-refractivity contribution >= 4 is 20.6 Å². The van der Waals surface area contributed by atoms with Gasteiger partial charge in [0.1, 0.15) is 17.6 Å². The summed E-state index contributed by atoms with van der Waals surface area (Å²) in [5.41, 5.74) is 12.9. The largest absolute Gasteiger partial charge is 0.476 e. The van der Waals surface area contributed by atoms with Gasteiger partial charge in [0.2, 0.25) is 0 Å². The van der Waals surface area contributed by atoms with Crippen molar-refractivity contribution < 1.29 is 4.52 Å². The Morgan fingerprint density at radius 1 is 1.58 bits per heavy atom. The molecule has 1 rings (SSSR count). The summed E-state index contributed by atoms with van der Waals surface area (Å²) in [5.74, 6) is 0.722.